The molecule has 0 bridgehead atoms. The molecule has 1 aromatic carbocycles. The van der Waals surface area contributed by atoms with Gasteiger partial charge in [0, 0.05) is 5.56 Å². The third kappa shape index (κ3) is 1.79. The lowest BCUT2D eigenvalue weighted by Crippen LogP contribution is -2.11. The molecule has 0 unspecified atom stereocenters. The number of halogens is 1. The molecular weight excluding hydrogens is 228 g/mol. The number of H-pyrrole nitrogens is 1. The van der Waals surface area contributed by atoms with Crippen LogP contribution in [-0.4, -0.2) is 17.3 Å². The molecule has 5 heteroatoms. The van der Waals surface area contributed by atoms with Crippen LogP contribution in [0.1, 0.15) is 0 Å². The van der Waals surface area contributed by atoms with Gasteiger partial charge in [0.05, 0.1) is 23.9 Å². The number of rotatable bonds is 2. The van der Waals surface area contributed by atoms with E-state index in [2.05, 4.69) is 10.2 Å². The van der Waals surface area contributed by atoms with Crippen LogP contribution in [0.3, 0.4) is 0 Å². The predicted molar refractivity (Wildman–Crippen MR) is 61.9 cm³/mol. The lowest BCUT2D eigenvalue weighted by atomic mass is 10.1. The molecule has 0 atom stereocenters. The van der Waals surface area contributed by atoms with Crippen LogP contribution in [0.4, 0.5) is 0 Å². The van der Waals surface area contributed by atoms with Gasteiger partial charge in [-0.25, -0.2) is 5.10 Å². The first-order chi connectivity index (χ1) is 7.74. The number of ether oxygens (including phenoxy) is 1. The Morgan fingerprint density at radius 3 is 2.81 bits per heavy atom. The van der Waals surface area contributed by atoms with Gasteiger partial charge in [-0.3, -0.25) is 4.79 Å². The molecule has 16 heavy (non-hydrogen) atoms. The molecule has 0 fully saturated rings. The van der Waals surface area contributed by atoms with Gasteiger partial charge in [0.1, 0.15) is 5.75 Å². The van der Waals surface area contributed by atoms with Crippen molar-refractivity contribution in [3.8, 4) is 16.9 Å². The molecule has 0 aliphatic carbocycles. The van der Waals surface area contributed by atoms with Crippen LogP contribution in [0.15, 0.2) is 35.3 Å². The van der Waals surface area contributed by atoms with E-state index in [1.807, 2.05) is 12.1 Å². The summed E-state index contributed by atoms with van der Waals surface area (Å²) < 4.78 is 5.18. The second-order valence-electron chi connectivity index (χ2n) is 3.12. The van der Waals surface area contributed by atoms with E-state index in [1.165, 1.54) is 6.20 Å². The van der Waals surface area contributed by atoms with Gasteiger partial charge >= 0.3 is 0 Å². The Bertz CT molecular complexity index is 566. The number of aromatic amines is 1. The van der Waals surface area contributed by atoms with Crippen LogP contribution in [0.2, 0.25) is 5.02 Å². The fraction of sp³-hybridized carbons (Fsp3) is 0.0909. The topological polar surface area (TPSA) is 55.0 Å². The molecule has 2 aromatic rings. The standard InChI is InChI=1S/C11H9ClN2O2/c1-16-9-5-3-2-4-7(9)10-8(12)6-13-14-11(10)15/h2-6H,1H3,(H,14,15). The van der Waals surface area contributed by atoms with E-state index in [-0.39, 0.29) is 5.56 Å². The van der Waals surface area contributed by atoms with E-state index >= 15 is 0 Å². The van der Waals surface area contributed by atoms with Crippen LogP contribution in [0, 0.1) is 0 Å². The minimum absolute atomic E-state index is 0.299. The maximum atomic E-state index is 11.7. The number of hydrogen-bond acceptors (Lipinski definition) is 3. The number of nitrogens with one attached hydrogen (secondary N) is 1. The smallest absolute Gasteiger partial charge is 0.273 e. The summed E-state index contributed by atoms with van der Waals surface area (Å²) in [5, 5.41) is 6.26. The fourth-order valence-corrected chi connectivity index (χ4v) is 1.72. The largest absolute Gasteiger partial charge is 0.496 e. The fourth-order valence-electron chi connectivity index (χ4n) is 1.48. The molecule has 0 aliphatic heterocycles. The van der Waals surface area contributed by atoms with Gasteiger partial charge in [-0.05, 0) is 6.07 Å². The van der Waals surface area contributed by atoms with Gasteiger partial charge in [-0.15, -0.1) is 0 Å². The first-order valence-corrected chi connectivity index (χ1v) is 4.98. The molecule has 1 N–H and O–H groups in total. The second-order valence-corrected chi connectivity index (χ2v) is 3.53. The molecule has 0 amide bonds. The number of benzene rings is 1. The Hall–Kier alpha value is -1.81. The number of hydrogen-bond donors (Lipinski definition) is 1. The second kappa shape index (κ2) is 4.37. The Morgan fingerprint density at radius 2 is 2.12 bits per heavy atom. The van der Waals surface area contributed by atoms with Crippen molar-refractivity contribution >= 4 is 11.6 Å². The molecule has 1 aromatic heterocycles. The van der Waals surface area contributed by atoms with Gasteiger partial charge < -0.3 is 4.74 Å². The first-order valence-electron chi connectivity index (χ1n) is 4.60. The average molecular weight is 237 g/mol. The molecular formula is C11H9ClN2O2. The van der Waals surface area contributed by atoms with Gasteiger partial charge in [0.25, 0.3) is 5.56 Å². The Labute approximate surface area is 96.8 Å². The summed E-state index contributed by atoms with van der Waals surface area (Å²) in [5.74, 6) is 0.598. The minimum atomic E-state index is -0.336. The molecule has 2 rings (SSSR count). The SMILES string of the molecule is COc1ccccc1-c1c(Cl)cn[nH]c1=O. The molecule has 0 aliphatic rings. The zero-order valence-corrected chi connectivity index (χ0v) is 9.28. The first kappa shape index (κ1) is 10.7. The monoisotopic (exact) mass is 236 g/mol. The summed E-state index contributed by atoms with van der Waals surface area (Å²) in [4.78, 5) is 11.7. The third-order valence-electron chi connectivity index (χ3n) is 2.19. The normalized spacial score (nSPS) is 10.1. The molecule has 0 saturated heterocycles. The van der Waals surface area contributed by atoms with Gasteiger partial charge in [-0.1, -0.05) is 29.8 Å². The summed E-state index contributed by atoms with van der Waals surface area (Å²) in [5.41, 5.74) is 0.685. The quantitative estimate of drug-likeness (QED) is 0.869. The highest BCUT2D eigenvalue weighted by atomic mass is 35.5. The van der Waals surface area contributed by atoms with Crippen LogP contribution >= 0.6 is 11.6 Å². The maximum absolute atomic E-state index is 11.7. The van der Waals surface area contributed by atoms with Crippen molar-refractivity contribution in [2.75, 3.05) is 7.11 Å². The predicted octanol–water partition coefficient (Wildman–Crippen LogP) is 2.10. The van der Waals surface area contributed by atoms with E-state index in [0.717, 1.165) is 0 Å². The number of aromatic nitrogens is 2. The molecule has 0 radical (unpaired) electrons. The number of methoxy groups -OCH3 is 1. The lowest BCUT2D eigenvalue weighted by molar-refractivity contribution is 0.416. The third-order valence-corrected chi connectivity index (χ3v) is 2.47. The van der Waals surface area contributed by atoms with Crippen molar-refractivity contribution in [3.63, 3.8) is 0 Å². The van der Waals surface area contributed by atoms with Gasteiger partial charge in [0.15, 0.2) is 0 Å². The van der Waals surface area contributed by atoms with Crippen LogP contribution in [0.5, 0.6) is 5.75 Å². The molecule has 0 saturated carbocycles. The van der Waals surface area contributed by atoms with Crippen molar-refractivity contribution in [3.05, 3.63) is 45.8 Å². The van der Waals surface area contributed by atoms with E-state index in [1.54, 1.807) is 19.2 Å². The summed E-state index contributed by atoms with van der Waals surface area (Å²) in [7, 11) is 1.54. The average Bonchev–Trinajstić information content (AvgIpc) is 2.29. The van der Waals surface area contributed by atoms with Gasteiger partial charge in [0.2, 0.25) is 0 Å². The summed E-state index contributed by atoms with van der Waals surface area (Å²) in [6.07, 6.45) is 1.39. The Morgan fingerprint density at radius 1 is 1.38 bits per heavy atom. The van der Waals surface area contributed by atoms with Crippen LogP contribution < -0.4 is 10.3 Å². The van der Waals surface area contributed by atoms with E-state index < -0.39 is 0 Å². The lowest BCUT2D eigenvalue weighted by Gasteiger charge is -2.07. The summed E-state index contributed by atoms with van der Waals surface area (Å²) >= 11 is 5.95. The summed E-state index contributed by atoms with van der Waals surface area (Å²) in [6.45, 7) is 0. The van der Waals surface area contributed by atoms with Crippen LogP contribution in [-0.2, 0) is 0 Å². The van der Waals surface area contributed by atoms with Crippen molar-refractivity contribution in [2.24, 2.45) is 0 Å². The highest BCUT2D eigenvalue weighted by Crippen LogP contribution is 2.30. The van der Waals surface area contributed by atoms with Crippen molar-refractivity contribution < 1.29 is 4.74 Å². The summed E-state index contributed by atoms with van der Waals surface area (Å²) in [6, 6.07) is 7.18. The number of nitrogens with zero attached hydrogens (tertiary/aromatic N) is 1. The Balaban J connectivity index is 2.72. The molecule has 82 valence electrons. The molecule has 4 nitrogen and oxygen atoms in total. The van der Waals surface area contributed by atoms with Crippen molar-refractivity contribution in [2.45, 2.75) is 0 Å². The zero-order chi connectivity index (χ0) is 11.5. The zero-order valence-electron chi connectivity index (χ0n) is 8.53. The maximum Gasteiger partial charge on any atom is 0.273 e. The van der Waals surface area contributed by atoms with E-state index in [0.29, 0.717) is 21.9 Å². The highest BCUT2D eigenvalue weighted by molar-refractivity contribution is 6.33. The Kier molecular flexibility index (Phi) is 2.92. The van der Waals surface area contributed by atoms with E-state index in [4.69, 9.17) is 16.3 Å². The van der Waals surface area contributed by atoms with E-state index in [9.17, 15) is 4.79 Å². The molecule has 0 spiro atoms. The number of para-hydroxylation sites is 1. The van der Waals surface area contributed by atoms with Crippen molar-refractivity contribution in [1.29, 1.82) is 0 Å². The minimum Gasteiger partial charge on any atom is -0.496 e. The van der Waals surface area contributed by atoms with Crippen LogP contribution in [0.25, 0.3) is 11.1 Å². The molecule has 1 heterocycles. The van der Waals surface area contributed by atoms with Crippen molar-refractivity contribution in [1.82, 2.24) is 10.2 Å². The highest BCUT2D eigenvalue weighted by Gasteiger charge is 2.12. The van der Waals surface area contributed by atoms with Gasteiger partial charge in [-0.2, -0.15) is 5.10 Å².